The summed E-state index contributed by atoms with van der Waals surface area (Å²) in [4.78, 5) is 18.9. The van der Waals surface area contributed by atoms with Crippen molar-refractivity contribution in [2.45, 2.75) is 26.4 Å². The second-order valence-corrected chi connectivity index (χ2v) is 10.1. The van der Waals surface area contributed by atoms with Crippen molar-refractivity contribution < 1.29 is 23.8 Å². The van der Waals surface area contributed by atoms with Gasteiger partial charge in [-0.25, -0.2) is 4.39 Å². The third-order valence-electron chi connectivity index (χ3n) is 7.71. The van der Waals surface area contributed by atoms with E-state index in [0.717, 1.165) is 27.8 Å². The monoisotopic (exact) mass is 555 g/mol. The van der Waals surface area contributed by atoms with Crippen molar-refractivity contribution in [3.63, 3.8) is 0 Å². The number of hydrogen-bond donors (Lipinski definition) is 2. The summed E-state index contributed by atoms with van der Waals surface area (Å²) in [6.45, 7) is 5.81. The van der Waals surface area contributed by atoms with Gasteiger partial charge in [0.2, 0.25) is 0 Å². The van der Waals surface area contributed by atoms with Crippen LogP contribution in [-0.4, -0.2) is 60.4 Å². The van der Waals surface area contributed by atoms with Crippen LogP contribution in [0.5, 0.6) is 5.75 Å². The molecule has 0 saturated carbocycles. The maximum atomic E-state index is 15.7. The van der Waals surface area contributed by atoms with E-state index in [1.54, 1.807) is 37.6 Å². The molecule has 41 heavy (non-hydrogen) atoms. The van der Waals surface area contributed by atoms with Crippen LogP contribution in [0.3, 0.4) is 0 Å². The van der Waals surface area contributed by atoms with Crippen LogP contribution in [0.15, 0.2) is 72.9 Å². The van der Waals surface area contributed by atoms with Crippen molar-refractivity contribution in [1.82, 2.24) is 9.88 Å². The van der Waals surface area contributed by atoms with Crippen LogP contribution in [0.1, 0.15) is 27.2 Å². The number of carbonyl (C=O) groups excluding carboxylic acids is 1. The van der Waals surface area contributed by atoms with Crippen molar-refractivity contribution in [2.75, 3.05) is 38.8 Å². The number of anilines is 1. The Labute approximate surface area is 239 Å². The van der Waals surface area contributed by atoms with Crippen LogP contribution in [0, 0.1) is 19.7 Å². The number of nitrogens with zero attached hydrogens (tertiary/aromatic N) is 2. The number of halogens is 1. The standard InChI is InChI=1S/C33H34FN3O4/c1-21-25(23-16-29(34)28(32(17-23)40-3)18-37-14-15-41-20-24(37)19-38)8-6-9-26(21)27-10-7-12-30(22(27)2)36-33(39)31-11-4-5-13-35-31/h4-13,16-17,24,38H,14-15,18-20H2,1-3H3,(H,36,39)/t24-/m0/s1. The number of amides is 1. The predicted molar refractivity (Wildman–Crippen MR) is 158 cm³/mol. The number of aliphatic hydroxyl groups excluding tert-OH is 1. The molecule has 0 unspecified atom stereocenters. The van der Waals surface area contributed by atoms with Crippen molar-refractivity contribution in [3.8, 4) is 28.0 Å². The number of aromatic nitrogens is 1. The number of aliphatic hydroxyl groups is 1. The SMILES string of the molecule is COc1cc(-c2cccc(-c3cccc(NC(=O)c4ccccn4)c3C)c2C)cc(F)c1CN1CCOC[C@@H]1CO. The largest absolute Gasteiger partial charge is 0.496 e. The fourth-order valence-corrected chi connectivity index (χ4v) is 5.36. The molecular weight excluding hydrogens is 521 g/mol. The summed E-state index contributed by atoms with van der Waals surface area (Å²) < 4.78 is 26.8. The Bertz CT molecular complexity index is 1540. The maximum Gasteiger partial charge on any atom is 0.274 e. The lowest BCUT2D eigenvalue weighted by molar-refractivity contribution is -0.0318. The van der Waals surface area contributed by atoms with E-state index in [-0.39, 0.29) is 24.4 Å². The van der Waals surface area contributed by atoms with Gasteiger partial charge in [-0.1, -0.05) is 36.4 Å². The third-order valence-corrected chi connectivity index (χ3v) is 7.71. The van der Waals surface area contributed by atoms with Gasteiger partial charge in [-0.3, -0.25) is 14.7 Å². The molecule has 212 valence electrons. The molecule has 7 nitrogen and oxygen atoms in total. The second kappa shape index (κ2) is 12.6. The smallest absolute Gasteiger partial charge is 0.274 e. The zero-order valence-corrected chi connectivity index (χ0v) is 23.5. The van der Waals surface area contributed by atoms with E-state index in [4.69, 9.17) is 9.47 Å². The molecule has 1 aliphatic rings. The number of pyridine rings is 1. The van der Waals surface area contributed by atoms with Gasteiger partial charge in [-0.2, -0.15) is 0 Å². The molecule has 1 aliphatic heterocycles. The summed E-state index contributed by atoms with van der Waals surface area (Å²) >= 11 is 0. The zero-order chi connectivity index (χ0) is 28.9. The third kappa shape index (κ3) is 6.00. The molecule has 0 aliphatic carbocycles. The number of morpholine rings is 1. The molecule has 8 heteroatoms. The van der Waals surface area contributed by atoms with E-state index in [9.17, 15) is 9.90 Å². The molecule has 2 heterocycles. The molecule has 1 amide bonds. The molecule has 1 aromatic heterocycles. The molecule has 1 atom stereocenters. The first kappa shape index (κ1) is 28.4. The van der Waals surface area contributed by atoms with Gasteiger partial charge >= 0.3 is 0 Å². The fourth-order valence-electron chi connectivity index (χ4n) is 5.36. The lowest BCUT2D eigenvalue weighted by Gasteiger charge is -2.34. The van der Waals surface area contributed by atoms with Gasteiger partial charge in [0.15, 0.2) is 0 Å². The first-order valence-electron chi connectivity index (χ1n) is 13.6. The molecular formula is C33H34FN3O4. The highest BCUT2D eigenvalue weighted by atomic mass is 19.1. The van der Waals surface area contributed by atoms with Crippen molar-refractivity contribution in [2.24, 2.45) is 0 Å². The number of methoxy groups -OCH3 is 1. The summed E-state index contributed by atoms with van der Waals surface area (Å²) in [6, 6.07) is 20.2. The summed E-state index contributed by atoms with van der Waals surface area (Å²) in [5, 5.41) is 12.7. The van der Waals surface area contributed by atoms with E-state index in [0.29, 0.717) is 54.6 Å². The lowest BCUT2D eigenvalue weighted by atomic mass is 9.90. The van der Waals surface area contributed by atoms with Crippen molar-refractivity contribution in [1.29, 1.82) is 0 Å². The second-order valence-electron chi connectivity index (χ2n) is 10.1. The van der Waals surface area contributed by atoms with Gasteiger partial charge in [0.1, 0.15) is 17.3 Å². The minimum absolute atomic E-state index is 0.0541. The first-order valence-corrected chi connectivity index (χ1v) is 13.6. The van der Waals surface area contributed by atoms with Crippen LogP contribution >= 0.6 is 0 Å². The van der Waals surface area contributed by atoms with Gasteiger partial charge in [0, 0.05) is 30.5 Å². The topological polar surface area (TPSA) is 83.9 Å². The molecule has 2 N–H and O–H groups in total. The van der Waals surface area contributed by atoms with Crippen LogP contribution < -0.4 is 10.1 Å². The number of ether oxygens (including phenoxy) is 2. The van der Waals surface area contributed by atoms with Gasteiger partial charge in [0.25, 0.3) is 5.91 Å². The summed E-state index contributed by atoms with van der Waals surface area (Å²) in [6.07, 6.45) is 1.59. The number of nitrogens with one attached hydrogen (secondary N) is 1. The number of rotatable bonds is 8. The Morgan fingerprint density at radius 1 is 1.07 bits per heavy atom. The minimum atomic E-state index is -0.359. The Hall–Kier alpha value is -4.11. The van der Waals surface area contributed by atoms with Crippen LogP contribution in [0.2, 0.25) is 0 Å². The highest BCUT2D eigenvalue weighted by Gasteiger charge is 2.25. The summed E-state index contributed by atoms with van der Waals surface area (Å²) in [5.74, 6) is -0.174. The van der Waals surface area contributed by atoms with E-state index < -0.39 is 0 Å². The van der Waals surface area contributed by atoms with E-state index >= 15 is 4.39 Å². The van der Waals surface area contributed by atoms with Crippen molar-refractivity contribution in [3.05, 3.63) is 101 Å². The molecule has 4 aromatic rings. The van der Waals surface area contributed by atoms with Gasteiger partial charge in [0.05, 0.1) is 33.0 Å². The molecule has 1 saturated heterocycles. The first-order chi connectivity index (χ1) is 19.9. The zero-order valence-electron chi connectivity index (χ0n) is 23.5. The molecule has 0 radical (unpaired) electrons. The highest BCUT2D eigenvalue weighted by molar-refractivity contribution is 6.03. The quantitative estimate of drug-likeness (QED) is 0.293. The Morgan fingerprint density at radius 2 is 1.83 bits per heavy atom. The number of hydrogen-bond acceptors (Lipinski definition) is 6. The van der Waals surface area contributed by atoms with E-state index in [1.807, 2.05) is 61.2 Å². The highest BCUT2D eigenvalue weighted by Crippen LogP contribution is 2.38. The van der Waals surface area contributed by atoms with Gasteiger partial charge in [-0.05, 0) is 77.6 Å². The van der Waals surface area contributed by atoms with Crippen molar-refractivity contribution >= 4 is 11.6 Å². The molecule has 1 fully saturated rings. The minimum Gasteiger partial charge on any atom is -0.496 e. The Balaban J connectivity index is 1.47. The summed E-state index contributed by atoms with van der Waals surface area (Å²) in [5.41, 5.74) is 6.93. The summed E-state index contributed by atoms with van der Waals surface area (Å²) in [7, 11) is 1.54. The molecule has 5 rings (SSSR count). The Kier molecular flexibility index (Phi) is 8.73. The predicted octanol–water partition coefficient (Wildman–Crippen LogP) is 5.63. The van der Waals surface area contributed by atoms with Gasteiger partial charge in [-0.15, -0.1) is 0 Å². The average Bonchev–Trinajstić information content (AvgIpc) is 3.00. The number of carbonyl (C=O) groups is 1. The van der Waals surface area contributed by atoms with E-state index in [2.05, 4.69) is 10.3 Å². The van der Waals surface area contributed by atoms with Crippen LogP contribution in [-0.2, 0) is 11.3 Å². The number of benzene rings is 3. The lowest BCUT2D eigenvalue weighted by Crippen LogP contribution is -2.47. The van der Waals surface area contributed by atoms with Crippen LogP contribution in [0.25, 0.3) is 22.3 Å². The fraction of sp³-hybridized carbons (Fsp3) is 0.273. The normalized spacial score (nSPS) is 15.5. The average molecular weight is 556 g/mol. The molecule has 0 spiro atoms. The molecule has 0 bridgehead atoms. The maximum absolute atomic E-state index is 15.7. The van der Waals surface area contributed by atoms with Gasteiger partial charge < -0.3 is 19.9 Å². The van der Waals surface area contributed by atoms with E-state index in [1.165, 1.54) is 0 Å². The molecule has 3 aromatic carbocycles. The van der Waals surface area contributed by atoms with Crippen LogP contribution in [0.4, 0.5) is 10.1 Å². The Morgan fingerprint density at radius 3 is 2.56 bits per heavy atom.